The Morgan fingerprint density at radius 3 is 3.12 bits per heavy atom. The first-order valence-corrected chi connectivity index (χ1v) is 5.67. The number of tetrazole rings is 1. The van der Waals surface area contributed by atoms with Crippen molar-refractivity contribution in [2.75, 3.05) is 11.4 Å². The molecule has 1 fully saturated rings. The topological polar surface area (TPSA) is 59.2 Å². The fourth-order valence-corrected chi connectivity index (χ4v) is 2.23. The number of fused-ring (bicyclic) bond motifs is 1. The standard InChI is InChI=1S/C10H14N6/c1-8-4-2-3-7-15(8)10-6-5-9-11-13-14-16(9)12-10/h5-6,8H,2-4,7H2,1H3. The second-order valence-electron chi connectivity index (χ2n) is 4.26. The second kappa shape index (κ2) is 3.70. The first-order valence-electron chi connectivity index (χ1n) is 5.67. The predicted octanol–water partition coefficient (Wildman–Crippen LogP) is 0.898. The van der Waals surface area contributed by atoms with E-state index in [0.29, 0.717) is 11.7 Å². The van der Waals surface area contributed by atoms with Gasteiger partial charge in [0.1, 0.15) is 0 Å². The smallest absolute Gasteiger partial charge is 0.200 e. The molecular weight excluding hydrogens is 204 g/mol. The summed E-state index contributed by atoms with van der Waals surface area (Å²) in [7, 11) is 0. The van der Waals surface area contributed by atoms with Gasteiger partial charge in [-0.3, -0.25) is 0 Å². The van der Waals surface area contributed by atoms with E-state index in [2.05, 4.69) is 32.4 Å². The van der Waals surface area contributed by atoms with Crippen LogP contribution < -0.4 is 4.90 Å². The molecule has 0 N–H and O–H groups in total. The highest BCUT2D eigenvalue weighted by Crippen LogP contribution is 2.22. The summed E-state index contributed by atoms with van der Waals surface area (Å²) >= 11 is 0. The molecule has 1 aliphatic heterocycles. The third-order valence-corrected chi connectivity index (χ3v) is 3.15. The van der Waals surface area contributed by atoms with Gasteiger partial charge in [-0.25, -0.2) is 0 Å². The minimum absolute atomic E-state index is 0.551. The van der Waals surface area contributed by atoms with Gasteiger partial charge in [0.15, 0.2) is 11.5 Å². The summed E-state index contributed by atoms with van der Waals surface area (Å²) in [4.78, 5) is 2.32. The lowest BCUT2D eigenvalue weighted by molar-refractivity contribution is 0.478. The van der Waals surface area contributed by atoms with Crippen LogP contribution in [0.3, 0.4) is 0 Å². The Balaban J connectivity index is 1.97. The van der Waals surface area contributed by atoms with E-state index >= 15 is 0 Å². The van der Waals surface area contributed by atoms with Gasteiger partial charge in [-0.1, -0.05) is 0 Å². The van der Waals surface area contributed by atoms with Gasteiger partial charge >= 0.3 is 0 Å². The van der Waals surface area contributed by atoms with Crippen molar-refractivity contribution in [2.45, 2.75) is 32.2 Å². The highest BCUT2D eigenvalue weighted by molar-refractivity contribution is 5.45. The van der Waals surface area contributed by atoms with Crippen molar-refractivity contribution >= 4 is 11.5 Å². The van der Waals surface area contributed by atoms with E-state index in [-0.39, 0.29) is 0 Å². The van der Waals surface area contributed by atoms with Gasteiger partial charge in [-0.15, -0.1) is 14.8 Å². The minimum atomic E-state index is 0.551. The first-order chi connectivity index (χ1) is 7.84. The third kappa shape index (κ3) is 1.50. The Bertz CT molecular complexity index is 493. The molecule has 1 unspecified atom stereocenters. The zero-order valence-electron chi connectivity index (χ0n) is 9.24. The highest BCUT2D eigenvalue weighted by atomic mass is 15.6. The predicted molar refractivity (Wildman–Crippen MR) is 59.2 cm³/mol. The molecule has 3 rings (SSSR count). The van der Waals surface area contributed by atoms with Crippen LogP contribution in [0, 0.1) is 0 Å². The molecular formula is C10H14N6. The molecule has 1 saturated heterocycles. The monoisotopic (exact) mass is 218 g/mol. The molecule has 1 atom stereocenters. The van der Waals surface area contributed by atoms with Crippen LogP contribution in [0.25, 0.3) is 5.65 Å². The van der Waals surface area contributed by atoms with Crippen LogP contribution in [0.1, 0.15) is 26.2 Å². The highest BCUT2D eigenvalue weighted by Gasteiger charge is 2.20. The van der Waals surface area contributed by atoms with Crippen LogP contribution in [0.5, 0.6) is 0 Å². The zero-order valence-corrected chi connectivity index (χ0v) is 9.24. The lowest BCUT2D eigenvalue weighted by atomic mass is 10.0. The van der Waals surface area contributed by atoms with Gasteiger partial charge in [-0.05, 0) is 48.7 Å². The summed E-state index contributed by atoms with van der Waals surface area (Å²) in [6.07, 6.45) is 3.78. The van der Waals surface area contributed by atoms with Crippen LogP contribution in [0.2, 0.25) is 0 Å². The molecule has 0 bridgehead atoms. The van der Waals surface area contributed by atoms with E-state index in [1.807, 2.05) is 12.1 Å². The summed E-state index contributed by atoms with van der Waals surface area (Å²) in [5, 5.41) is 15.7. The Morgan fingerprint density at radius 2 is 2.25 bits per heavy atom. The minimum Gasteiger partial charge on any atom is -0.352 e. The van der Waals surface area contributed by atoms with Crippen molar-refractivity contribution in [1.82, 2.24) is 25.3 Å². The van der Waals surface area contributed by atoms with Gasteiger partial charge in [-0.2, -0.15) is 0 Å². The Kier molecular flexibility index (Phi) is 2.19. The summed E-state index contributed by atoms with van der Waals surface area (Å²) in [6, 6.07) is 4.45. The summed E-state index contributed by atoms with van der Waals surface area (Å²) in [6.45, 7) is 3.31. The van der Waals surface area contributed by atoms with E-state index in [1.165, 1.54) is 23.9 Å². The maximum atomic E-state index is 4.42. The first kappa shape index (κ1) is 9.50. The fourth-order valence-electron chi connectivity index (χ4n) is 2.23. The van der Waals surface area contributed by atoms with Crippen molar-refractivity contribution in [3.63, 3.8) is 0 Å². The van der Waals surface area contributed by atoms with Gasteiger partial charge in [0.05, 0.1) is 0 Å². The third-order valence-electron chi connectivity index (χ3n) is 3.15. The number of anilines is 1. The van der Waals surface area contributed by atoms with Gasteiger partial charge in [0.2, 0.25) is 0 Å². The molecule has 0 spiro atoms. The van der Waals surface area contributed by atoms with Crippen molar-refractivity contribution in [2.24, 2.45) is 0 Å². The lowest BCUT2D eigenvalue weighted by Crippen LogP contribution is -2.38. The van der Waals surface area contributed by atoms with E-state index in [1.54, 1.807) is 0 Å². The molecule has 0 aliphatic carbocycles. The van der Waals surface area contributed by atoms with E-state index in [4.69, 9.17) is 0 Å². The summed E-state index contributed by atoms with van der Waals surface area (Å²) in [5.41, 5.74) is 0.688. The van der Waals surface area contributed by atoms with Crippen molar-refractivity contribution in [3.8, 4) is 0 Å². The molecule has 3 heterocycles. The summed E-state index contributed by atoms with van der Waals surface area (Å²) in [5.74, 6) is 0.965. The average Bonchev–Trinajstić information content (AvgIpc) is 2.76. The molecule has 0 saturated carbocycles. The molecule has 1 aliphatic rings. The Hall–Kier alpha value is -1.72. The van der Waals surface area contributed by atoms with Crippen LogP contribution >= 0.6 is 0 Å². The molecule has 2 aromatic heterocycles. The molecule has 0 aromatic carbocycles. The van der Waals surface area contributed by atoms with Crippen LogP contribution in [-0.2, 0) is 0 Å². The van der Waals surface area contributed by atoms with Crippen LogP contribution in [0.4, 0.5) is 5.82 Å². The molecule has 6 nitrogen and oxygen atoms in total. The van der Waals surface area contributed by atoms with E-state index in [9.17, 15) is 0 Å². The van der Waals surface area contributed by atoms with Crippen molar-refractivity contribution in [3.05, 3.63) is 12.1 Å². The fraction of sp³-hybridized carbons (Fsp3) is 0.600. The summed E-state index contributed by atoms with van der Waals surface area (Å²) < 4.78 is 1.48. The number of nitrogens with zero attached hydrogens (tertiary/aromatic N) is 6. The molecule has 16 heavy (non-hydrogen) atoms. The van der Waals surface area contributed by atoms with Gasteiger partial charge in [0.25, 0.3) is 0 Å². The maximum Gasteiger partial charge on any atom is 0.200 e. The molecule has 0 radical (unpaired) electrons. The average molecular weight is 218 g/mol. The molecule has 84 valence electrons. The van der Waals surface area contributed by atoms with Crippen LogP contribution in [-0.4, -0.2) is 37.8 Å². The largest absolute Gasteiger partial charge is 0.352 e. The SMILES string of the molecule is CC1CCCCN1c1ccc2nnnn2n1. The number of hydrogen-bond acceptors (Lipinski definition) is 5. The number of hydrogen-bond donors (Lipinski definition) is 0. The van der Waals surface area contributed by atoms with Gasteiger partial charge < -0.3 is 4.90 Å². The van der Waals surface area contributed by atoms with Crippen molar-refractivity contribution < 1.29 is 0 Å². The zero-order chi connectivity index (χ0) is 11.0. The van der Waals surface area contributed by atoms with Crippen molar-refractivity contribution in [1.29, 1.82) is 0 Å². The second-order valence-corrected chi connectivity index (χ2v) is 4.26. The van der Waals surface area contributed by atoms with E-state index in [0.717, 1.165) is 12.4 Å². The molecule has 0 amide bonds. The number of piperidine rings is 1. The maximum absolute atomic E-state index is 4.42. The molecule has 6 heteroatoms. The van der Waals surface area contributed by atoms with Gasteiger partial charge in [0, 0.05) is 12.6 Å². The Labute approximate surface area is 93.2 Å². The number of rotatable bonds is 1. The van der Waals surface area contributed by atoms with E-state index < -0.39 is 0 Å². The Morgan fingerprint density at radius 1 is 1.31 bits per heavy atom. The quantitative estimate of drug-likeness (QED) is 0.711. The normalized spacial score (nSPS) is 21.6. The molecule has 2 aromatic rings. The van der Waals surface area contributed by atoms with Crippen LogP contribution in [0.15, 0.2) is 12.1 Å². The number of aromatic nitrogens is 5. The lowest BCUT2D eigenvalue weighted by Gasteiger charge is -2.33.